The number of amides is 2. The van der Waals surface area contributed by atoms with Crippen molar-refractivity contribution in [2.24, 2.45) is 32.9 Å². The molecular formula is C33H46Cl2N8O4. The average molecular weight is 690 g/mol. The maximum Gasteiger partial charge on any atom is 0.257 e. The lowest BCUT2D eigenvalue weighted by Gasteiger charge is -2.14. The number of anilines is 2. The number of ether oxygens (including phenoxy) is 2. The summed E-state index contributed by atoms with van der Waals surface area (Å²) in [5, 5.41) is 5.80. The summed E-state index contributed by atoms with van der Waals surface area (Å²) in [6.07, 6.45) is 6.31. The van der Waals surface area contributed by atoms with E-state index in [1.165, 1.54) is 0 Å². The maximum absolute atomic E-state index is 13.4. The van der Waals surface area contributed by atoms with E-state index in [4.69, 9.17) is 32.4 Å². The summed E-state index contributed by atoms with van der Waals surface area (Å²) in [5.74, 6) is 1.46. The lowest BCUT2D eigenvalue weighted by molar-refractivity contribution is -0.116. The van der Waals surface area contributed by atoms with Crippen LogP contribution in [0.5, 0.6) is 17.2 Å². The third kappa shape index (κ3) is 16.4. The molecule has 0 aliphatic heterocycles. The molecule has 14 heteroatoms. The van der Waals surface area contributed by atoms with Gasteiger partial charge in [0.1, 0.15) is 17.2 Å². The first-order valence-electron chi connectivity index (χ1n) is 15.1. The minimum atomic E-state index is -0.388. The molecular weight excluding hydrogens is 643 g/mol. The van der Waals surface area contributed by atoms with Crippen LogP contribution in [0.2, 0.25) is 0 Å². The summed E-state index contributed by atoms with van der Waals surface area (Å²) in [7, 11) is 0. The number of unbranched alkanes of at least 4 members (excludes halogenated alkanes) is 5. The van der Waals surface area contributed by atoms with Gasteiger partial charge in [-0.05, 0) is 80.3 Å². The fourth-order valence-electron chi connectivity index (χ4n) is 4.30. The number of hydrogen-bond acceptors (Lipinski definition) is 6. The van der Waals surface area contributed by atoms with Crippen LogP contribution < -0.4 is 43.0 Å². The van der Waals surface area contributed by atoms with E-state index in [1.807, 2.05) is 30.3 Å². The van der Waals surface area contributed by atoms with E-state index < -0.39 is 0 Å². The second-order valence-electron chi connectivity index (χ2n) is 10.3. The Morgan fingerprint density at radius 1 is 0.638 bits per heavy atom. The van der Waals surface area contributed by atoms with Crippen molar-refractivity contribution in [2.75, 3.05) is 30.3 Å². The molecule has 0 atom stereocenters. The largest absolute Gasteiger partial charge is 0.494 e. The molecule has 0 heterocycles. The highest BCUT2D eigenvalue weighted by Crippen LogP contribution is 2.26. The SMILES string of the molecule is Cl.Cl.NC(N)=NCCCCCCCC(=O)Nc1ccc(OCCCCN=C(N)N)cc1C(=O)Nc1ccc(Oc2ccccc2)cc1. The Morgan fingerprint density at radius 3 is 1.87 bits per heavy atom. The van der Waals surface area contributed by atoms with Gasteiger partial charge in [-0.15, -0.1) is 24.8 Å². The Morgan fingerprint density at radius 2 is 1.21 bits per heavy atom. The van der Waals surface area contributed by atoms with Gasteiger partial charge >= 0.3 is 0 Å². The molecule has 12 nitrogen and oxygen atoms in total. The predicted octanol–water partition coefficient (Wildman–Crippen LogP) is 5.56. The first-order valence-corrected chi connectivity index (χ1v) is 15.1. The lowest BCUT2D eigenvalue weighted by Crippen LogP contribution is -2.23. The van der Waals surface area contributed by atoms with Crippen LogP contribution in [0.1, 0.15) is 61.7 Å². The van der Waals surface area contributed by atoms with Gasteiger partial charge < -0.3 is 43.0 Å². The fraction of sp³-hybridized carbons (Fsp3) is 0.333. The van der Waals surface area contributed by atoms with Crippen LogP contribution in [-0.4, -0.2) is 43.4 Å². The smallest absolute Gasteiger partial charge is 0.257 e. The molecule has 3 rings (SSSR count). The molecule has 0 unspecified atom stereocenters. The third-order valence-electron chi connectivity index (χ3n) is 6.57. The van der Waals surface area contributed by atoms with E-state index in [9.17, 15) is 9.59 Å². The van der Waals surface area contributed by atoms with Crippen LogP contribution in [0, 0.1) is 0 Å². The molecule has 0 aromatic heterocycles. The van der Waals surface area contributed by atoms with Crippen molar-refractivity contribution in [1.82, 2.24) is 0 Å². The number of nitrogens with zero attached hydrogens (tertiary/aromatic N) is 2. The molecule has 3 aromatic carbocycles. The Kier molecular flexibility index (Phi) is 19.5. The van der Waals surface area contributed by atoms with Crippen molar-refractivity contribution in [3.05, 3.63) is 78.4 Å². The van der Waals surface area contributed by atoms with E-state index in [0.717, 1.165) is 44.9 Å². The Bertz CT molecular complexity index is 1420. The molecule has 0 aliphatic carbocycles. The van der Waals surface area contributed by atoms with Gasteiger partial charge in [-0.25, -0.2) is 0 Å². The summed E-state index contributed by atoms with van der Waals surface area (Å²) in [6, 6.07) is 21.5. The summed E-state index contributed by atoms with van der Waals surface area (Å²) < 4.78 is 11.7. The number of guanidine groups is 2. The average Bonchev–Trinajstić information content (AvgIpc) is 3.02. The molecule has 0 aliphatic rings. The van der Waals surface area contributed by atoms with Crippen molar-refractivity contribution < 1.29 is 19.1 Å². The van der Waals surface area contributed by atoms with Crippen LogP contribution in [0.15, 0.2) is 82.8 Å². The van der Waals surface area contributed by atoms with E-state index in [-0.39, 0.29) is 54.1 Å². The zero-order valence-corrected chi connectivity index (χ0v) is 28.0. The Balaban J connectivity index is 0.00000552. The van der Waals surface area contributed by atoms with Crippen LogP contribution >= 0.6 is 24.8 Å². The quantitative estimate of drug-likeness (QED) is 0.0533. The van der Waals surface area contributed by atoms with Crippen LogP contribution in [0.25, 0.3) is 0 Å². The first-order chi connectivity index (χ1) is 21.8. The maximum atomic E-state index is 13.4. The highest BCUT2D eigenvalue weighted by Gasteiger charge is 2.16. The van der Waals surface area contributed by atoms with Crippen molar-refractivity contribution in [1.29, 1.82) is 0 Å². The van der Waals surface area contributed by atoms with Crippen molar-refractivity contribution >= 4 is 59.9 Å². The molecule has 0 spiro atoms. The van der Waals surface area contributed by atoms with Crippen LogP contribution in [0.3, 0.4) is 0 Å². The van der Waals surface area contributed by atoms with Gasteiger partial charge in [0, 0.05) is 25.2 Å². The third-order valence-corrected chi connectivity index (χ3v) is 6.57. The summed E-state index contributed by atoms with van der Waals surface area (Å²) >= 11 is 0. The molecule has 256 valence electrons. The lowest BCUT2D eigenvalue weighted by atomic mass is 10.1. The fourth-order valence-corrected chi connectivity index (χ4v) is 4.30. The van der Waals surface area contributed by atoms with Gasteiger partial charge in [0.05, 0.1) is 17.9 Å². The number of para-hydroxylation sites is 1. The van der Waals surface area contributed by atoms with Crippen molar-refractivity contribution in [3.8, 4) is 17.2 Å². The Hall–Kier alpha value is -4.68. The molecule has 0 radical (unpaired) electrons. The van der Waals surface area contributed by atoms with Crippen molar-refractivity contribution in [3.63, 3.8) is 0 Å². The highest BCUT2D eigenvalue weighted by atomic mass is 35.5. The van der Waals surface area contributed by atoms with E-state index in [1.54, 1.807) is 42.5 Å². The molecule has 10 N–H and O–H groups in total. The van der Waals surface area contributed by atoms with Gasteiger partial charge in [-0.3, -0.25) is 19.6 Å². The normalized spacial score (nSPS) is 9.96. The number of nitrogens with two attached hydrogens (primary N) is 4. The zero-order chi connectivity index (χ0) is 32.3. The predicted molar refractivity (Wildman–Crippen MR) is 194 cm³/mol. The highest BCUT2D eigenvalue weighted by molar-refractivity contribution is 6.10. The summed E-state index contributed by atoms with van der Waals surface area (Å²) in [5.41, 5.74) is 22.7. The number of nitrogens with one attached hydrogen (secondary N) is 2. The topological polar surface area (TPSA) is 205 Å². The Labute approximate surface area is 288 Å². The minimum absolute atomic E-state index is 0. The number of halogens is 2. The number of carbonyl (C=O) groups excluding carboxylic acids is 2. The molecule has 2 amide bonds. The standard InChI is InChI=1S/C33H44N8O4.2ClH/c34-32(35)38-20-8-3-1-2-7-13-30(42)41-29-19-18-27(44-22-10-9-21-39-33(36)37)23-28(29)31(43)40-24-14-16-26(17-15-24)45-25-11-5-4-6-12-25;;/h4-6,11-12,14-19,23H,1-3,7-10,13,20-22H2,(H,40,43)(H,41,42)(H4,34,35,38)(H4,36,37,39);2*1H. The van der Waals surface area contributed by atoms with E-state index in [2.05, 4.69) is 20.6 Å². The van der Waals surface area contributed by atoms with Gasteiger partial charge in [-0.1, -0.05) is 37.5 Å². The number of carbonyl (C=O) groups is 2. The van der Waals surface area contributed by atoms with E-state index >= 15 is 0 Å². The molecule has 3 aromatic rings. The van der Waals surface area contributed by atoms with Crippen LogP contribution in [0.4, 0.5) is 11.4 Å². The molecule has 47 heavy (non-hydrogen) atoms. The zero-order valence-electron chi connectivity index (χ0n) is 26.4. The van der Waals surface area contributed by atoms with Gasteiger partial charge in [0.15, 0.2) is 11.9 Å². The number of rotatable bonds is 19. The molecule has 0 saturated carbocycles. The number of aliphatic imine (C=N–C) groups is 2. The van der Waals surface area contributed by atoms with Gasteiger partial charge in [-0.2, -0.15) is 0 Å². The molecule has 0 bridgehead atoms. The summed E-state index contributed by atoms with van der Waals surface area (Å²) in [6.45, 7) is 1.54. The number of benzene rings is 3. The molecule has 0 saturated heterocycles. The summed E-state index contributed by atoms with van der Waals surface area (Å²) in [4.78, 5) is 34.2. The van der Waals surface area contributed by atoms with Crippen molar-refractivity contribution in [2.45, 2.75) is 51.4 Å². The second-order valence-corrected chi connectivity index (χ2v) is 10.3. The van der Waals surface area contributed by atoms with Gasteiger partial charge in [0.2, 0.25) is 5.91 Å². The van der Waals surface area contributed by atoms with Crippen LogP contribution in [-0.2, 0) is 4.79 Å². The number of hydrogen-bond donors (Lipinski definition) is 6. The monoisotopic (exact) mass is 688 g/mol. The second kappa shape index (κ2) is 22.8. The first kappa shape index (κ1) is 40.3. The molecule has 0 fully saturated rings. The van der Waals surface area contributed by atoms with E-state index in [0.29, 0.717) is 54.7 Å². The minimum Gasteiger partial charge on any atom is -0.494 e. The van der Waals surface area contributed by atoms with Gasteiger partial charge in [0.25, 0.3) is 5.91 Å².